The van der Waals surface area contributed by atoms with E-state index in [1.54, 1.807) is 6.20 Å². The molecular formula is C17H23F6N5O2. The fourth-order valence-corrected chi connectivity index (χ4v) is 3.28. The van der Waals surface area contributed by atoms with Crippen molar-refractivity contribution in [2.24, 2.45) is 0 Å². The molecule has 0 radical (unpaired) electrons. The first-order valence-corrected chi connectivity index (χ1v) is 9.19. The van der Waals surface area contributed by atoms with E-state index in [1.165, 1.54) is 4.90 Å². The van der Waals surface area contributed by atoms with Gasteiger partial charge in [0.2, 0.25) is 5.95 Å². The standard InChI is InChI=1S/C15H22F3N5.C2HF3O2/c1-10-7-22(8-11(2)23(10)9-15(16,17)18)14-20-4-3-13(21-14)12-5-19-6-12;3-2(4,5)1(6)7/h3-4,10-12,19H,5-9H2,1-2H3;(H,6,7)/t10-,11+;. The predicted octanol–water partition coefficient (Wildman–Crippen LogP) is 2.26. The number of aromatic nitrogens is 2. The average Bonchev–Trinajstić information content (AvgIpc) is 2.55. The molecule has 0 spiro atoms. The molecule has 2 aliphatic rings. The lowest BCUT2D eigenvalue weighted by Crippen LogP contribution is -2.59. The first-order valence-electron chi connectivity index (χ1n) is 9.19. The summed E-state index contributed by atoms with van der Waals surface area (Å²) in [6.45, 7) is 5.64. The molecule has 0 aromatic carbocycles. The van der Waals surface area contributed by atoms with Crippen molar-refractivity contribution in [1.29, 1.82) is 0 Å². The number of hydrogen-bond acceptors (Lipinski definition) is 6. The van der Waals surface area contributed by atoms with Gasteiger partial charge in [0, 0.05) is 50.4 Å². The molecule has 2 fully saturated rings. The predicted molar refractivity (Wildman–Crippen MR) is 95.2 cm³/mol. The Morgan fingerprint density at radius 3 is 2.10 bits per heavy atom. The molecule has 2 atom stereocenters. The van der Waals surface area contributed by atoms with Gasteiger partial charge in [0.1, 0.15) is 0 Å². The second-order valence-electron chi connectivity index (χ2n) is 7.33. The fraction of sp³-hybridized carbons (Fsp3) is 0.706. The van der Waals surface area contributed by atoms with E-state index >= 15 is 0 Å². The summed E-state index contributed by atoms with van der Waals surface area (Å²) in [7, 11) is 0. The van der Waals surface area contributed by atoms with Gasteiger partial charge in [0.15, 0.2) is 0 Å². The van der Waals surface area contributed by atoms with Crippen molar-refractivity contribution < 1.29 is 36.2 Å². The fourth-order valence-electron chi connectivity index (χ4n) is 3.28. The van der Waals surface area contributed by atoms with E-state index in [9.17, 15) is 26.3 Å². The van der Waals surface area contributed by atoms with Gasteiger partial charge in [-0.1, -0.05) is 0 Å². The molecule has 1 aromatic rings. The molecule has 0 saturated carbocycles. The average molecular weight is 443 g/mol. The number of aliphatic carboxylic acids is 1. The third kappa shape index (κ3) is 6.69. The number of halogens is 6. The number of hydrogen-bond donors (Lipinski definition) is 2. The Bertz CT molecular complexity index is 713. The van der Waals surface area contributed by atoms with Crippen LogP contribution in [0.25, 0.3) is 0 Å². The van der Waals surface area contributed by atoms with Gasteiger partial charge in [-0.2, -0.15) is 26.3 Å². The van der Waals surface area contributed by atoms with Crippen LogP contribution in [0.4, 0.5) is 32.3 Å². The summed E-state index contributed by atoms with van der Waals surface area (Å²) in [5.74, 6) is -1.72. The van der Waals surface area contributed by atoms with E-state index < -0.39 is 24.9 Å². The number of nitrogens with zero attached hydrogens (tertiary/aromatic N) is 4. The first kappa shape index (κ1) is 24.1. The molecular weight excluding hydrogens is 420 g/mol. The molecule has 0 amide bonds. The lowest BCUT2D eigenvalue weighted by molar-refractivity contribution is -0.192. The maximum absolute atomic E-state index is 12.7. The number of anilines is 1. The molecule has 30 heavy (non-hydrogen) atoms. The second-order valence-corrected chi connectivity index (χ2v) is 7.33. The van der Waals surface area contributed by atoms with Crippen LogP contribution in [0.1, 0.15) is 25.5 Å². The summed E-state index contributed by atoms with van der Waals surface area (Å²) in [6, 6.07) is 1.53. The molecule has 2 saturated heterocycles. The van der Waals surface area contributed by atoms with Crippen molar-refractivity contribution in [2.45, 2.75) is 44.2 Å². The summed E-state index contributed by atoms with van der Waals surface area (Å²) in [5, 5.41) is 10.3. The van der Waals surface area contributed by atoms with Crippen molar-refractivity contribution in [3.63, 3.8) is 0 Å². The van der Waals surface area contributed by atoms with Gasteiger partial charge >= 0.3 is 18.3 Å². The number of carbonyl (C=O) groups is 1. The Balaban J connectivity index is 0.000000396. The lowest BCUT2D eigenvalue weighted by atomic mass is 9.99. The summed E-state index contributed by atoms with van der Waals surface area (Å²) in [4.78, 5) is 21.4. The Labute approximate surface area is 169 Å². The lowest BCUT2D eigenvalue weighted by Gasteiger charge is -2.44. The quantitative estimate of drug-likeness (QED) is 0.694. The largest absolute Gasteiger partial charge is 0.490 e. The zero-order valence-electron chi connectivity index (χ0n) is 16.3. The van der Waals surface area contributed by atoms with Crippen molar-refractivity contribution in [2.75, 3.05) is 37.6 Å². The second kappa shape index (κ2) is 9.33. The third-order valence-electron chi connectivity index (χ3n) is 4.85. The van der Waals surface area contributed by atoms with Crippen LogP contribution >= 0.6 is 0 Å². The highest BCUT2D eigenvalue weighted by Gasteiger charge is 2.39. The summed E-state index contributed by atoms with van der Waals surface area (Å²) >= 11 is 0. The number of nitrogens with one attached hydrogen (secondary N) is 1. The Morgan fingerprint density at radius 1 is 1.17 bits per heavy atom. The van der Waals surface area contributed by atoms with Crippen LogP contribution in [0.5, 0.6) is 0 Å². The van der Waals surface area contributed by atoms with Gasteiger partial charge in [0.25, 0.3) is 0 Å². The first-order chi connectivity index (χ1) is 13.8. The third-order valence-corrected chi connectivity index (χ3v) is 4.85. The Morgan fingerprint density at radius 2 is 1.70 bits per heavy atom. The van der Waals surface area contributed by atoms with Crippen LogP contribution in [0.2, 0.25) is 0 Å². The van der Waals surface area contributed by atoms with Crippen molar-refractivity contribution in [3.05, 3.63) is 18.0 Å². The van der Waals surface area contributed by atoms with Gasteiger partial charge in [-0.3, -0.25) is 4.90 Å². The minimum atomic E-state index is -5.08. The van der Waals surface area contributed by atoms with Gasteiger partial charge < -0.3 is 15.3 Å². The van der Waals surface area contributed by atoms with E-state index in [2.05, 4.69) is 15.3 Å². The number of carboxylic acid groups (broad SMARTS) is 1. The molecule has 2 aliphatic heterocycles. The number of alkyl halides is 6. The summed E-state index contributed by atoms with van der Waals surface area (Å²) in [5.41, 5.74) is 1.01. The molecule has 13 heteroatoms. The Kier molecular flexibility index (Phi) is 7.50. The van der Waals surface area contributed by atoms with Gasteiger partial charge in [-0.05, 0) is 19.9 Å². The molecule has 2 N–H and O–H groups in total. The number of carboxylic acids is 1. The van der Waals surface area contributed by atoms with E-state index in [1.807, 2.05) is 24.8 Å². The highest BCUT2D eigenvalue weighted by atomic mass is 19.4. The van der Waals surface area contributed by atoms with E-state index in [0.29, 0.717) is 25.0 Å². The highest BCUT2D eigenvalue weighted by Crippen LogP contribution is 2.26. The van der Waals surface area contributed by atoms with Crippen molar-refractivity contribution in [1.82, 2.24) is 20.2 Å². The van der Waals surface area contributed by atoms with Crippen LogP contribution in [-0.2, 0) is 4.79 Å². The minimum absolute atomic E-state index is 0.196. The molecule has 0 unspecified atom stereocenters. The SMILES string of the molecule is C[C@@H]1CN(c2nccc(C3CNC3)n2)C[C@H](C)N1CC(F)(F)F.O=C(O)C(F)(F)F. The molecule has 0 aliphatic carbocycles. The van der Waals surface area contributed by atoms with E-state index in [4.69, 9.17) is 9.90 Å². The maximum Gasteiger partial charge on any atom is 0.490 e. The number of piperazine rings is 1. The van der Waals surface area contributed by atoms with Crippen LogP contribution in [-0.4, -0.2) is 83.1 Å². The molecule has 0 bridgehead atoms. The normalized spacial score (nSPS) is 23.4. The topological polar surface area (TPSA) is 81.6 Å². The van der Waals surface area contributed by atoms with Crippen LogP contribution in [0, 0.1) is 0 Å². The molecule has 7 nitrogen and oxygen atoms in total. The van der Waals surface area contributed by atoms with Gasteiger partial charge in [-0.15, -0.1) is 0 Å². The smallest absolute Gasteiger partial charge is 0.475 e. The van der Waals surface area contributed by atoms with Crippen LogP contribution in [0.15, 0.2) is 12.3 Å². The van der Waals surface area contributed by atoms with Gasteiger partial charge in [-0.25, -0.2) is 14.8 Å². The monoisotopic (exact) mass is 443 g/mol. The van der Waals surface area contributed by atoms with E-state index in [0.717, 1.165) is 18.8 Å². The summed E-state index contributed by atoms with van der Waals surface area (Å²) in [6.07, 6.45) is -7.51. The Hall–Kier alpha value is -2.15. The molecule has 1 aromatic heterocycles. The van der Waals surface area contributed by atoms with Crippen LogP contribution in [0.3, 0.4) is 0 Å². The van der Waals surface area contributed by atoms with Crippen molar-refractivity contribution in [3.8, 4) is 0 Å². The number of rotatable bonds is 3. The highest BCUT2D eigenvalue weighted by molar-refractivity contribution is 5.73. The molecule has 3 rings (SSSR count). The molecule has 170 valence electrons. The van der Waals surface area contributed by atoms with E-state index in [-0.39, 0.29) is 12.1 Å². The van der Waals surface area contributed by atoms with Gasteiger partial charge in [0.05, 0.1) is 12.2 Å². The zero-order valence-corrected chi connectivity index (χ0v) is 16.3. The minimum Gasteiger partial charge on any atom is -0.475 e. The molecule has 3 heterocycles. The van der Waals surface area contributed by atoms with Crippen LogP contribution < -0.4 is 10.2 Å². The maximum atomic E-state index is 12.7. The zero-order chi connectivity index (χ0) is 22.7. The summed E-state index contributed by atoms with van der Waals surface area (Å²) < 4.78 is 69.9. The van der Waals surface area contributed by atoms with Crippen molar-refractivity contribution >= 4 is 11.9 Å².